The standard InChI is InChI=1S/C34H35N3O8/c1-36(2)28-22-14-18-13-21-20(24-12-9-19(45-24)16-37(3)15-17-7-5-4-6-8-17)10-11-23(38)26(21)29(39)25(18)31(41)34(22,44)32(42)27(30(28)40)33(35)43/h4-12,18,22,28,38-39,42,44H,13-16H2,1-3H3,(H2,35,43)/t18-,22-,28-,34-/m0/s1. The lowest BCUT2D eigenvalue weighted by atomic mass is 9.57. The van der Waals surface area contributed by atoms with E-state index in [1.165, 1.54) is 11.0 Å². The van der Waals surface area contributed by atoms with Crippen LogP contribution >= 0.6 is 0 Å². The molecule has 1 aromatic heterocycles. The molecular weight excluding hydrogens is 578 g/mol. The fourth-order valence-corrected chi connectivity index (χ4v) is 7.30. The lowest BCUT2D eigenvalue weighted by molar-refractivity contribution is -0.153. The molecule has 11 nitrogen and oxygen atoms in total. The van der Waals surface area contributed by atoms with Crippen molar-refractivity contribution in [1.82, 2.24) is 9.80 Å². The fourth-order valence-electron chi connectivity index (χ4n) is 7.30. The Hall–Kier alpha value is -4.71. The van der Waals surface area contributed by atoms with Gasteiger partial charge in [-0.3, -0.25) is 24.2 Å². The second kappa shape index (κ2) is 11.0. The van der Waals surface area contributed by atoms with Gasteiger partial charge in [-0.1, -0.05) is 30.3 Å². The zero-order chi connectivity index (χ0) is 32.4. The molecule has 6 rings (SSSR count). The van der Waals surface area contributed by atoms with Crippen molar-refractivity contribution >= 4 is 23.2 Å². The van der Waals surface area contributed by atoms with Gasteiger partial charge in [-0.15, -0.1) is 0 Å². The van der Waals surface area contributed by atoms with Crippen LogP contribution in [0.3, 0.4) is 0 Å². The highest BCUT2D eigenvalue weighted by Crippen LogP contribution is 2.53. The molecule has 0 bridgehead atoms. The number of hydrogen-bond donors (Lipinski definition) is 5. The molecule has 234 valence electrons. The van der Waals surface area contributed by atoms with Crippen molar-refractivity contribution in [2.75, 3.05) is 21.1 Å². The highest BCUT2D eigenvalue weighted by atomic mass is 16.4. The van der Waals surface area contributed by atoms with Crippen molar-refractivity contribution < 1.29 is 39.2 Å². The number of carbonyl (C=O) groups is 3. The van der Waals surface area contributed by atoms with E-state index in [1.807, 2.05) is 37.4 Å². The summed E-state index contributed by atoms with van der Waals surface area (Å²) in [6.07, 6.45) is 0.177. The van der Waals surface area contributed by atoms with Gasteiger partial charge in [-0.05, 0) is 75.3 Å². The van der Waals surface area contributed by atoms with E-state index in [0.717, 1.165) is 12.1 Å². The molecule has 3 aliphatic rings. The minimum Gasteiger partial charge on any atom is -0.508 e. The number of carbonyl (C=O) groups excluding carboxylic acids is 3. The van der Waals surface area contributed by atoms with Gasteiger partial charge in [0.25, 0.3) is 5.91 Å². The number of fused-ring (bicyclic) bond motifs is 3. The molecule has 2 aromatic carbocycles. The quantitative estimate of drug-likeness (QED) is 0.249. The number of amides is 1. The van der Waals surface area contributed by atoms with E-state index < -0.39 is 58.0 Å². The first-order valence-electron chi connectivity index (χ1n) is 14.7. The molecular formula is C34H35N3O8. The minimum absolute atomic E-state index is 0.00848. The zero-order valence-corrected chi connectivity index (χ0v) is 25.2. The molecule has 1 fully saturated rings. The van der Waals surface area contributed by atoms with Gasteiger partial charge in [0.05, 0.1) is 18.2 Å². The molecule has 4 atom stereocenters. The predicted molar refractivity (Wildman–Crippen MR) is 164 cm³/mol. The summed E-state index contributed by atoms with van der Waals surface area (Å²) in [5.74, 6) is -5.66. The molecule has 11 heteroatoms. The van der Waals surface area contributed by atoms with Crippen LogP contribution in [0.2, 0.25) is 0 Å². The van der Waals surface area contributed by atoms with Gasteiger partial charge in [0.15, 0.2) is 11.4 Å². The van der Waals surface area contributed by atoms with Crippen LogP contribution in [0.25, 0.3) is 17.1 Å². The first-order chi connectivity index (χ1) is 21.3. The number of primary amides is 1. The number of aliphatic hydroxyl groups is 3. The number of nitrogens with two attached hydrogens (primary N) is 1. The zero-order valence-electron chi connectivity index (χ0n) is 25.2. The summed E-state index contributed by atoms with van der Waals surface area (Å²) < 4.78 is 6.23. The van der Waals surface area contributed by atoms with Crippen molar-refractivity contribution in [3.63, 3.8) is 0 Å². The van der Waals surface area contributed by atoms with Crippen LogP contribution in [0.5, 0.6) is 5.75 Å². The Kier molecular flexibility index (Phi) is 7.43. The third-order valence-electron chi connectivity index (χ3n) is 9.25. The summed E-state index contributed by atoms with van der Waals surface area (Å²) in [4.78, 5) is 43.1. The normalized spacial score (nSPS) is 24.6. The summed E-state index contributed by atoms with van der Waals surface area (Å²) in [7, 11) is 5.12. The van der Waals surface area contributed by atoms with Gasteiger partial charge in [0.2, 0.25) is 5.78 Å². The smallest absolute Gasteiger partial charge is 0.255 e. The molecule has 45 heavy (non-hydrogen) atoms. The number of phenolic OH excluding ortho intramolecular Hbond substituents is 1. The van der Waals surface area contributed by atoms with Crippen molar-refractivity contribution in [3.05, 3.63) is 94.0 Å². The molecule has 3 aliphatic carbocycles. The van der Waals surface area contributed by atoms with Gasteiger partial charge in [0.1, 0.15) is 34.4 Å². The Balaban J connectivity index is 1.39. The van der Waals surface area contributed by atoms with Gasteiger partial charge < -0.3 is 30.6 Å². The number of phenols is 1. The largest absolute Gasteiger partial charge is 0.508 e. The Morgan fingerprint density at radius 2 is 1.71 bits per heavy atom. The van der Waals surface area contributed by atoms with Gasteiger partial charge in [0, 0.05) is 23.6 Å². The second-order valence-corrected chi connectivity index (χ2v) is 12.4. The number of rotatable bonds is 7. The SMILES string of the molecule is CN(Cc1ccccc1)Cc1ccc(-c2ccc(O)c3c2C[C@H]2C[C@H]4[C@H](N(C)C)C(=O)C(C(N)=O)=C(O)[C@@]4(O)C(=O)C2=C3O)o1. The van der Waals surface area contributed by atoms with Crippen LogP contribution in [0.1, 0.15) is 28.9 Å². The van der Waals surface area contributed by atoms with Crippen molar-refractivity contribution in [2.24, 2.45) is 17.6 Å². The van der Waals surface area contributed by atoms with Crippen LogP contribution in [0, 0.1) is 11.8 Å². The van der Waals surface area contributed by atoms with Crippen LogP contribution in [0.15, 0.2) is 75.9 Å². The van der Waals surface area contributed by atoms with E-state index in [-0.39, 0.29) is 29.7 Å². The third-order valence-corrected chi connectivity index (χ3v) is 9.25. The maximum atomic E-state index is 14.0. The number of furan rings is 1. The van der Waals surface area contributed by atoms with Crippen molar-refractivity contribution in [1.29, 1.82) is 0 Å². The predicted octanol–water partition coefficient (Wildman–Crippen LogP) is 2.86. The summed E-state index contributed by atoms with van der Waals surface area (Å²) in [5, 5.41) is 45.2. The van der Waals surface area contributed by atoms with Gasteiger partial charge in [-0.2, -0.15) is 0 Å². The maximum Gasteiger partial charge on any atom is 0.255 e. The minimum atomic E-state index is -2.68. The molecule has 1 heterocycles. The van der Waals surface area contributed by atoms with Crippen LogP contribution in [-0.4, -0.2) is 80.5 Å². The van der Waals surface area contributed by atoms with E-state index in [9.17, 15) is 34.8 Å². The number of aliphatic hydroxyl groups excluding tert-OH is 2. The van der Waals surface area contributed by atoms with E-state index in [4.69, 9.17) is 10.2 Å². The monoisotopic (exact) mass is 613 g/mol. The number of benzene rings is 2. The number of aromatic hydroxyl groups is 1. The fraction of sp³-hybridized carbons (Fsp3) is 0.324. The molecule has 0 aliphatic heterocycles. The topological polar surface area (TPSA) is 178 Å². The van der Waals surface area contributed by atoms with Gasteiger partial charge >= 0.3 is 0 Å². The number of ketones is 2. The Bertz CT molecular complexity index is 1790. The van der Waals surface area contributed by atoms with E-state index in [0.29, 0.717) is 29.2 Å². The van der Waals surface area contributed by atoms with Crippen LogP contribution in [-0.2, 0) is 33.9 Å². The van der Waals surface area contributed by atoms with Gasteiger partial charge in [-0.25, -0.2) is 0 Å². The Morgan fingerprint density at radius 1 is 1.00 bits per heavy atom. The lowest BCUT2D eigenvalue weighted by Gasteiger charge is -2.50. The summed E-state index contributed by atoms with van der Waals surface area (Å²) in [6.45, 7) is 1.25. The second-order valence-electron chi connectivity index (χ2n) is 12.4. The molecule has 0 saturated heterocycles. The third kappa shape index (κ3) is 4.75. The first-order valence-corrected chi connectivity index (χ1v) is 14.7. The first kappa shape index (κ1) is 30.3. The van der Waals surface area contributed by atoms with E-state index in [2.05, 4.69) is 17.0 Å². The molecule has 0 unspecified atom stereocenters. The number of likely N-dealkylation sites (N-methyl/N-ethyl adjacent to an activating group) is 1. The molecule has 3 aromatic rings. The van der Waals surface area contributed by atoms with Crippen LogP contribution in [0.4, 0.5) is 0 Å². The summed E-state index contributed by atoms with van der Waals surface area (Å²) >= 11 is 0. The number of Topliss-reactive ketones (excluding diaryl/α,β-unsaturated/α-hetero) is 2. The molecule has 1 amide bonds. The average molecular weight is 614 g/mol. The summed E-state index contributed by atoms with van der Waals surface area (Å²) in [6, 6.07) is 15.7. The molecule has 0 radical (unpaired) electrons. The number of hydrogen-bond acceptors (Lipinski definition) is 10. The number of nitrogens with zero attached hydrogens (tertiary/aromatic N) is 2. The van der Waals surface area contributed by atoms with Crippen molar-refractivity contribution in [3.8, 4) is 17.1 Å². The lowest BCUT2D eigenvalue weighted by Crippen LogP contribution is -2.65. The highest BCUT2D eigenvalue weighted by molar-refractivity contribution is 6.24. The average Bonchev–Trinajstić information content (AvgIpc) is 3.43. The Labute approximate surface area is 259 Å². The van der Waals surface area contributed by atoms with E-state index >= 15 is 0 Å². The summed E-state index contributed by atoms with van der Waals surface area (Å²) in [5.41, 5.74) is 4.00. The highest BCUT2D eigenvalue weighted by Gasteiger charge is 2.64. The Morgan fingerprint density at radius 3 is 2.38 bits per heavy atom. The molecule has 0 spiro atoms. The van der Waals surface area contributed by atoms with Crippen LogP contribution < -0.4 is 5.73 Å². The molecule has 6 N–H and O–H groups in total. The van der Waals surface area contributed by atoms with Crippen molar-refractivity contribution in [2.45, 2.75) is 37.6 Å². The molecule has 1 saturated carbocycles. The van der Waals surface area contributed by atoms with E-state index in [1.54, 1.807) is 20.2 Å². The maximum absolute atomic E-state index is 14.0.